The number of hydrogen-bond acceptors (Lipinski definition) is 2. The number of hydrogen-bond donors (Lipinski definition) is 1. The maximum absolute atomic E-state index is 5.34. The number of ether oxygens (including phenoxy) is 1. The fourth-order valence-electron chi connectivity index (χ4n) is 2.70. The van der Waals surface area contributed by atoms with Crippen molar-refractivity contribution < 1.29 is 4.74 Å². The second kappa shape index (κ2) is 4.10. The van der Waals surface area contributed by atoms with Crippen LogP contribution < -0.4 is 10.1 Å². The van der Waals surface area contributed by atoms with Crippen LogP contribution in [0.5, 0.6) is 5.75 Å². The third-order valence-corrected chi connectivity index (χ3v) is 3.75. The van der Waals surface area contributed by atoms with Gasteiger partial charge >= 0.3 is 0 Å². The van der Waals surface area contributed by atoms with Crippen LogP contribution in [0.3, 0.4) is 0 Å². The third kappa shape index (κ3) is 1.82. The van der Waals surface area contributed by atoms with Crippen molar-refractivity contribution >= 4 is 0 Å². The van der Waals surface area contributed by atoms with Crippen molar-refractivity contribution in [1.82, 2.24) is 5.32 Å². The quantitative estimate of drug-likeness (QED) is 0.840. The highest BCUT2D eigenvalue weighted by molar-refractivity contribution is 5.41. The average molecular weight is 217 g/mol. The molecule has 3 rings (SSSR count). The molecule has 1 aliphatic heterocycles. The van der Waals surface area contributed by atoms with Crippen LogP contribution in [0.4, 0.5) is 0 Å². The summed E-state index contributed by atoms with van der Waals surface area (Å²) in [5.41, 5.74) is 3.04. The van der Waals surface area contributed by atoms with Gasteiger partial charge in [-0.1, -0.05) is 6.07 Å². The fourth-order valence-corrected chi connectivity index (χ4v) is 2.70. The molecular weight excluding hydrogens is 198 g/mol. The summed E-state index contributed by atoms with van der Waals surface area (Å²) in [6, 6.07) is 7.17. The van der Waals surface area contributed by atoms with Crippen LogP contribution in [-0.4, -0.2) is 13.7 Å². The predicted octanol–water partition coefficient (Wildman–Crippen LogP) is 3.00. The summed E-state index contributed by atoms with van der Waals surface area (Å²) in [5, 5.41) is 3.59. The molecule has 1 unspecified atom stereocenters. The summed E-state index contributed by atoms with van der Waals surface area (Å²) >= 11 is 0. The fraction of sp³-hybridized carbons (Fsp3) is 0.571. The Balaban J connectivity index is 1.96. The van der Waals surface area contributed by atoms with Crippen LogP contribution in [-0.2, 0) is 0 Å². The first-order valence-corrected chi connectivity index (χ1v) is 6.29. The van der Waals surface area contributed by atoms with Crippen molar-refractivity contribution in [2.75, 3.05) is 13.7 Å². The molecule has 1 saturated carbocycles. The van der Waals surface area contributed by atoms with Gasteiger partial charge in [-0.2, -0.15) is 0 Å². The highest BCUT2D eigenvalue weighted by Gasteiger charge is 2.29. The molecular formula is C14H19NO. The van der Waals surface area contributed by atoms with Crippen molar-refractivity contribution in [3.8, 4) is 5.75 Å². The average Bonchev–Trinajstić information content (AvgIpc) is 3.03. The zero-order valence-corrected chi connectivity index (χ0v) is 9.83. The van der Waals surface area contributed by atoms with Crippen molar-refractivity contribution in [3.05, 3.63) is 29.3 Å². The largest absolute Gasteiger partial charge is 0.497 e. The Morgan fingerprint density at radius 1 is 1.19 bits per heavy atom. The van der Waals surface area contributed by atoms with Crippen LogP contribution in [0, 0.1) is 0 Å². The first-order valence-electron chi connectivity index (χ1n) is 6.29. The number of benzene rings is 1. The maximum Gasteiger partial charge on any atom is 0.119 e. The van der Waals surface area contributed by atoms with E-state index in [4.69, 9.17) is 4.74 Å². The molecule has 1 saturated heterocycles. The molecule has 1 aliphatic carbocycles. The third-order valence-electron chi connectivity index (χ3n) is 3.75. The molecule has 0 amide bonds. The maximum atomic E-state index is 5.34. The summed E-state index contributed by atoms with van der Waals surface area (Å²) in [4.78, 5) is 0. The summed E-state index contributed by atoms with van der Waals surface area (Å²) < 4.78 is 5.34. The zero-order valence-electron chi connectivity index (χ0n) is 9.83. The normalized spacial score (nSPS) is 24.7. The highest BCUT2D eigenvalue weighted by Crippen LogP contribution is 2.44. The number of nitrogens with one attached hydrogen (secondary N) is 1. The van der Waals surface area contributed by atoms with Gasteiger partial charge in [-0.3, -0.25) is 0 Å². The molecule has 2 aliphatic rings. The van der Waals surface area contributed by atoms with Crippen molar-refractivity contribution in [2.24, 2.45) is 0 Å². The van der Waals surface area contributed by atoms with Crippen LogP contribution in [0.25, 0.3) is 0 Å². The minimum absolute atomic E-state index is 0.561. The highest BCUT2D eigenvalue weighted by atomic mass is 16.5. The molecule has 0 radical (unpaired) electrons. The van der Waals surface area contributed by atoms with Gasteiger partial charge < -0.3 is 10.1 Å². The van der Waals surface area contributed by atoms with E-state index in [-0.39, 0.29) is 0 Å². The molecule has 0 bridgehead atoms. The molecule has 2 nitrogen and oxygen atoms in total. The zero-order chi connectivity index (χ0) is 11.0. The topological polar surface area (TPSA) is 21.3 Å². The second-order valence-electron chi connectivity index (χ2n) is 4.92. The molecule has 86 valence electrons. The lowest BCUT2D eigenvalue weighted by Gasteiger charge is -2.17. The Morgan fingerprint density at radius 2 is 2.06 bits per heavy atom. The lowest BCUT2D eigenvalue weighted by Crippen LogP contribution is -2.14. The van der Waals surface area contributed by atoms with Gasteiger partial charge in [0.05, 0.1) is 7.11 Å². The van der Waals surface area contributed by atoms with E-state index in [1.807, 2.05) is 0 Å². The molecule has 16 heavy (non-hydrogen) atoms. The summed E-state index contributed by atoms with van der Waals surface area (Å²) in [5.74, 6) is 1.82. The van der Waals surface area contributed by atoms with Gasteiger partial charge in [-0.15, -0.1) is 0 Å². The van der Waals surface area contributed by atoms with Crippen LogP contribution in [0.1, 0.15) is 48.8 Å². The van der Waals surface area contributed by atoms with E-state index in [9.17, 15) is 0 Å². The van der Waals surface area contributed by atoms with E-state index in [1.54, 1.807) is 12.7 Å². The number of methoxy groups -OCH3 is 1. The standard InChI is InChI=1S/C14H19NO/c1-16-11-6-7-12(10-4-5-10)13(9-11)14-3-2-8-15-14/h6-7,9-10,14-15H,2-5,8H2,1H3. The molecule has 1 atom stereocenters. The Bertz CT molecular complexity index is 378. The van der Waals surface area contributed by atoms with Gasteiger partial charge in [0, 0.05) is 6.04 Å². The molecule has 2 fully saturated rings. The smallest absolute Gasteiger partial charge is 0.119 e. The van der Waals surface area contributed by atoms with E-state index in [2.05, 4.69) is 23.5 Å². The molecule has 1 N–H and O–H groups in total. The van der Waals surface area contributed by atoms with Crippen molar-refractivity contribution in [3.63, 3.8) is 0 Å². The first-order chi connectivity index (χ1) is 7.88. The van der Waals surface area contributed by atoms with E-state index in [1.165, 1.54) is 31.2 Å². The van der Waals surface area contributed by atoms with E-state index in [0.29, 0.717) is 6.04 Å². The minimum atomic E-state index is 0.561. The van der Waals surface area contributed by atoms with E-state index < -0.39 is 0 Å². The summed E-state index contributed by atoms with van der Waals surface area (Å²) in [7, 11) is 1.75. The van der Waals surface area contributed by atoms with Gasteiger partial charge in [0.15, 0.2) is 0 Å². The Kier molecular flexibility index (Phi) is 2.60. The SMILES string of the molecule is COc1ccc(C2CC2)c(C2CCCN2)c1. The van der Waals surface area contributed by atoms with Gasteiger partial charge in [-0.25, -0.2) is 0 Å². The van der Waals surface area contributed by atoms with Crippen molar-refractivity contribution in [1.29, 1.82) is 0 Å². The summed E-state index contributed by atoms with van der Waals surface area (Å²) in [6.45, 7) is 1.16. The van der Waals surface area contributed by atoms with E-state index in [0.717, 1.165) is 18.2 Å². The number of rotatable bonds is 3. The van der Waals surface area contributed by atoms with Gasteiger partial charge in [0.1, 0.15) is 5.75 Å². The van der Waals surface area contributed by atoms with Crippen molar-refractivity contribution in [2.45, 2.75) is 37.6 Å². The van der Waals surface area contributed by atoms with Gasteiger partial charge in [0.2, 0.25) is 0 Å². The Morgan fingerprint density at radius 3 is 2.69 bits per heavy atom. The Hall–Kier alpha value is -1.02. The lowest BCUT2D eigenvalue weighted by atomic mass is 9.96. The van der Waals surface area contributed by atoms with Gasteiger partial charge in [-0.05, 0) is 61.4 Å². The molecule has 1 heterocycles. The lowest BCUT2D eigenvalue weighted by molar-refractivity contribution is 0.413. The predicted molar refractivity (Wildman–Crippen MR) is 64.9 cm³/mol. The molecule has 1 aromatic rings. The Labute approximate surface area is 97.0 Å². The van der Waals surface area contributed by atoms with Crippen LogP contribution in [0.15, 0.2) is 18.2 Å². The molecule has 1 aromatic carbocycles. The summed E-state index contributed by atoms with van der Waals surface area (Å²) in [6.07, 6.45) is 5.30. The van der Waals surface area contributed by atoms with E-state index >= 15 is 0 Å². The monoisotopic (exact) mass is 217 g/mol. The van der Waals surface area contributed by atoms with Crippen LogP contribution in [0.2, 0.25) is 0 Å². The van der Waals surface area contributed by atoms with Crippen LogP contribution >= 0.6 is 0 Å². The molecule has 2 heteroatoms. The molecule has 0 spiro atoms. The first kappa shape index (κ1) is 10.2. The minimum Gasteiger partial charge on any atom is -0.497 e. The van der Waals surface area contributed by atoms with Gasteiger partial charge in [0.25, 0.3) is 0 Å². The second-order valence-corrected chi connectivity index (χ2v) is 4.92. The molecule has 0 aromatic heterocycles.